The molecular weight excluding hydrogens is 409 g/mol. The predicted molar refractivity (Wildman–Crippen MR) is 115 cm³/mol. The van der Waals surface area contributed by atoms with E-state index >= 15 is 0 Å². The molecule has 0 aromatic heterocycles. The van der Waals surface area contributed by atoms with E-state index in [0.29, 0.717) is 24.6 Å². The fourth-order valence-electron chi connectivity index (χ4n) is 3.37. The molecule has 1 aliphatic rings. The molecule has 6 nitrogen and oxygen atoms in total. The van der Waals surface area contributed by atoms with Gasteiger partial charge in [0.25, 0.3) is 0 Å². The number of piperidine rings is 1. The average molecular weight is 443 g/mol. The van der Waals surface area contributed by atoms with Crippen molar-refractivity contribution >= 4 is 11.9 Å². The van der Waals surface area contributed by atoms with Crippen molar-refractivity contribution in [2.45, 2.75) is 64.9 Å². The summed E-state index contributed by atoms with van der Waals surface area (Å²) in [6.07, 6.45) is -2.67. The van der Waals surface area contributed by atoms with Gasteiger partial charge in [-0.2, -0.15) is 13.2 Å². The number of halogens is 3. The van der Waals surface area contributed by atoms with Crippen LogP contribution in [-0.4, -0.2) is 54.7 Å². The molecule has 2 rings (SSSR count). The summed E-state index contributed by atoms with van der Waals surface area (Å²) in [5.74, 6) is 0.172. The minimum atomic E-state index is -4.33. The Morgan fingerprint density at radius 3 is 2.48 bits per heavy atom. The van der Waals surface area contributed by atoms with Crippen LogP contribution in [0.3, 0.4) is 0 Å². The van der Waals surface area contributed by atoms with Crippen molar-refractivity contribution in [2.75, 3.05) is 26.2 Å². The fraction of sp³-hybridized carbons (Fsp3) is 0.636. The summed E-state index contributed by atoms with van der Waals surface area (Å²) < 4.78 is 44.0. The van der Waals surface area contributed by atoms with Gasteiger partial charge in [0.1, 0.15) is 12.1 Å². The molecule has 1 fully saturated rings. The Bertz CT molecular complexity index is 752. The molecule has 0 atom stereocenters. The molecule has 1 saturated heterocycles. The van der Waals surface area contributed by atoms with Gasteiger partial charge in [0.05, 0.1) is 5.56 Å². The summed E-state index contributed by atoms with van der Waals surface area (Å²) in [5.41, 5.74) is -0.503. The lowest BCUT2D eigenvalue weighted by molar-refractivity contribution is -0.152. The summed E-state index contributed by atoms with van der Waals surface area (Å²) in [7, 11) is 0. The van der Waals surface area contributed by atoms with Crippen molar-refractivity contribution < 1.29 is 22.7 Å². The van der Waals surface area contributed by atoms with E-state index in [1.54, 1.807) is 6.07 Å². The maximum absolute atomic E-state index is 12.9. The third-order valence-corrected chi connectivity index (χ3v) is 4.72. The fourth-order valence-corrected chi connectivity index (χ4v) is 3.37. The number of nitrogens with one attached hydrogen (secondary N) is 2. The van der Waals surface area contributed by atoms with Crippen molar-refractivity contribution in [1.82, 2.24) is 15.5 Å². The molecule has 31 heavy (non-hydrogen) atoms. The number of alkyl halides is 3. The molecule has 9 heteroatoms. The van der Waals surface area contributed by atoms with Crippen LogP contribution in [0.4, 0.5) is 13.2 Å². The summed E-state index contributed by atoms with van der Waals surface area (Å²) in [4.78, 5) is 18.4. The van der Waals surface area contributed by atoms with E-state index < -0.39 is 17.3 Å². The standard InChI is InChI=1S/C22H33F3N4O2/c1-5-26-20(27-14-19(30)31-21(2,3)4)28-18-9-11-29(12-10-18)15-16-7-6-8-17(13-16)22(23,24)25/h6-8,13,18H,5,9-12,14-15H2,1-4H3,(H2,26,27,28). The summed E-state index contributed by atoms with van der Waals surface area (Å²) in [6, 6.07) is 5.67. The van der Waals surface area contributed by atoms with Crippen LogP contribution in [0.15, 0.2) is 29.3 Å². The lowest BCUT2D eigenvalue weighted by Crippen LogP contribution is -2.48. The molecular formula is C22H33F3N4O2. The minimum Gasteiger partial charge on any atom is -0.459 e. The zero-order valence-corrected chi connectivity index (χ0v) is 18.7. The van der Waals surface area contributed by atoms with Crippen LogP contribution in [0.5, 0.6) is 0 Å². The van der Waals surface area contributed by atoms with Gasteiger partial charge in [-0.15, -0.1) is 0 Å². The third kappa shape index (κ3) is 9.16. The van der Waals surface area contributed by atoms with Gasteiger partial charge in [0.15, 0.2) is 5.96 Å². The van der Waals surface area contributed by atoms with E-state index in [9.17, 15) is 18.0 Å². The first-order valence-electron chi connectivity index (χ1n) is 10.6. The predicted octanol–water partition coefficient (Wildman–Crippen LogP) is 3.57. The molecule has 0 bridgehead atoms. The molecule has 0 unspecified atom stereocenters. The number of guanidine groups is 1. The number of likely N-dealkylation sites (tertiary alicyclic amines) is 1. The molecule has 0 saturated carbocycles. The second-order valence-electron chi connectivity index (χ2n) is 8.67. The number of esters is 1. The number of benzene rings is 1. The quantitative estimate of drug-likeness (QED) is 0.401. The van der Waals surface area contributed by atoms with Gasteiger partial charge in [-0.25, -0.2) is 4.99 Å². The number of aliphatic imine (C=N–C) groups is 1. The first-order chi connectivity index (χ1) is 14.5. The van der Waals surface area contributed by atoms with Crippen molar-refractivity contribution in [3.05, 3.63) is 35.4 Å². The highest BCUT2D eigenvalue weighted by Crippen LogP contribution is 2.30. The van der Waals surface area contributed by atoms with Crippen molar-refractivity contribution in [2.24, 2.45) is 4.99 Å². The van der Waals surface area contributed by atoms with Crippen LogP contribution in [0.25, 0.3) is 0 Å². The zero-order chi connectivity index (χ0) is 23.1. The number of carbonyl (C=O) groups excluding carboxylic acids is 1. The molecule has 2 N–H and O–H groups in total. The zero-order valence-electron chi connectivity index (χ0n) is 18.7. The second kappa shape index (κ2) is 10.8. The maximum Gasteiger partial charge on any atom is 0.416 e. The average Bonchev–Trinajstić information content (AvgIpc) is 2.66. The Kier molecular flexibility index (Phi) is 8.73. The molecule has 174 valence electrons. The van der Waals surface area contributed by atoms with Gasteiger partial charge < -0.3 is 15.4 Å². The maximum atomic E-state index is 12.9. The topological polar surface area (TPSA) is 66.0 Å². The Balaban J connectivity index is 1.85. The lowest BCUT2D eigenvalue weighted by atomic mass is 10.0. The van der Waals surface area contributed by atoms with Gasteiger partial charge in [-0.3, -0.25) is 9.69 Å². The molecule has 1 aromatic rings. The third-order valence-electron chi connectivity index (χ3n) is 4.72. The van der Waals surface area contributed by atoms with E-state index in [4.69, 9.17) is 4.74 Å². The Hall–Kier alpha value is -2.29. The van der Waals surface area contributed by atoms with Crippen molar-refractivity contribution in [3.63, 3.8) is 0 Å². The van der Waals surface area contributed by atoms with Gasteiger partial charge in [-0.05, 0) is 52.2 Å². The lowest BCUT2D eigenvalue weighted by Gasteiger charge is -2.33. The largest absolute Gasteiger partial charge is 0.459 e. The highest BCUT2D eigenvalue weighted by molar-refractivity contribution is 5.83. The van der Waals surface area contributed by atoms with Gasteiger partial charge >= 0.3 is 12.1 Å². The molecule has 1 aliphatic heterocycles. The van der Waals surface area contributed by atoms with Gasteiger partial charge in [0.2, 0.25) is 0 Å². The van der Waals surface area contributed by atoms with E-state index in [-0.39, 0.29) is 18.6 Å². The molecule has 0 aliphatic carbocycles. The Morgan fingerprint density at radius 2 is 1.90 bits per heavy atom. The summed E-state index contributed by atoms with van der Waals surface area (Å²) >= 11 is 0. The van der Waals surface area contributed by atoms with Crippen LogP contribution < -0.4 is 10.6 Å². The van der Waals surface area contributed by atoms with Crippen LogP contribution in [0.2, 0.25) is 0 Å². The molecule has 0 amide bonds. The minimum absolute atomic E-state index is 0.0685. The van der Waals surface area contributed by atoms with Crippen LogP contribution >= 0.6 is 0 Å². The molecule has 0 spiro atoms. The van der Waals surface area contributed by atoms with Gasteiger partial charge in [-0.1, -0.05) is 18.2 Å². The molecule has 0 radical (unpaired) electrons. The highest BCUT2D eigenvalue weighted by atomic mass is 19.4. The number of rotatable bonds is 6. The van der Waals surface area contributed by atoms with E-state index in [1.807, 2.05) is 27.7 Å². The van der Waals surface area contributed by atoms with Crippen LogP contribution in [-0.2, 0) is 22.3 Å². The van der Waals surface area contributed by atoms with E-state index in [2.05, 4.69) is 20.5 Å². The summed E-state index contributed by atoms with van der Waals surface area (Å²) in [6.45, 7) is 9.99. The van der Waals surface area contributed by atoms with Crippen LogP contribution in [0, 0.1) is 0 Å². The summed E-state index contributed by atoms with van der Waals surface area (Å²) in [5, 5.41) is 6.47. The van der Waals surface area contributed by atoms with E-state index in [0.717, 1.165) is 32.0 Å². The van der Waals surface area contributed by atoms with E-state index in [1.165, 1.54) is 12.1 Å². The van der Waals surface area contributed by atoms with Gasteiger partial charge in [0, 0.05) is 32.2 Å². The normalized spacial score (nSPS) is 16.8. The SMILES string of the molecule is CCNC(=NCC(=O)OC(C)(C)C)NC1CCN(Cc2cccc(C(F)(F)F)c2)CC1. The first-order valence-corrected chi connectivity index (χ1v) is 10.6. The number of carbonyl (C=O) groups is 1. The smallest absolute Gasteiger partial charge is 0.416 e. The molecule has 1 aromatic carbocycles. The Morgan fingerprint density at radius 1 is 1.23 bits per heavy atom. The number of hydrogen-bond acceptors (Lipinski definition) is 4. The van der Waals surface area contributed by atoms with Crippen molar-refractivity contribution in [1.29, 1.82) is 0 Å². The number of hydrogen-bond donors (Lipinski definition) is 2. The Labute approximate surface area is 182 Å². The van der Waals surface area contributed by atoms with Crippen molar-refractivity contribution in [3.8, 4) is 0 Å². The molecule has 1 heterocycles. The monoisotopic (exact) mass is 442 g/mol. The number of ether oxygens (including phenoxy) is 1. The second-order valence-corrected chi connectivity index (χ2v) is 8.67. The van der Waals surface area contributed by atoms with Crippen LogP contribution in [0.1, 0.15) is 51.7 Å². The number of nitrogens with zero attached hydrogens (tertiary/aromatic N) is 2. The highest BCUT2D eigenvalue weighted by Gasteiger charge is 2.30. The first kappa shape index (κ1) is 25.0.